The van der Waals surface area contributed by atoms with Gasteiger partial charge in [0.05, 0.1) is 6.04 Å². The first-order valence-electron chi connectivity index (χ1n) is 9.33. The smallest absolute Gasteiger partial charge is 0.223 e. The summed E-state index contributed by atoms with van der Waals surface area (Å²) in [7, 11) is 0. The Balaban J connectivity index is 1.35. The minimum absolute atomic E-state index is 0.353. The molecule has 130 valence electrons. The van der Waals surface area contributed by atoms with Crippen LogP contribution in [0.25, 0.3) is 0 Å². The van der Waals surface area contributed by atoms with Crippen LogP contribution < -0.4 is 10.9 Å². The van der Waals surface area contributed by atoms with Gasteiger partial charge in [-0.15, -0.1) is 0 Å². The standard InChI is InChI=1S/C19H28N4O/c24-18-8-9-22(10-11-23(18)13-15-6-7-15)14-17-12-20-21-19(17)16-4-2-1-3-5-16/h1-5,15,17,19-21H,6-14H2. The lowest BCUT2D eigenvalue weighted by molar-refractivity contribution is -0.130. The lowest BCUT2D eigenvalue weighted by Crippen LogP contribution is -2.37. The Hall–Kier alpha value is -1.43. The van der Waals surface area contributed by atoms with E-state index in [0.717, 1.165) is 45.2 Å². The Morgan fingerprint density at radius 2 is 1.88 bits per heavy atom. The number of benzene rings is 1. The van der Waals surface area contributed by atoms with Gasteiger partial charge in [-0.1, -0.05) is 30.3 Å². The van der Waals surface area contributed by atoms with Gasteiger partial charge in [0.15, 0.2) is 0 Å². The Labute approximate surface area is 144 Å². The van der Waals surface area contributed by atoms with Crippen LogP contribution in [-0.4, -0.2) is 55.0 Å². The highest BCUT2D eigenvalue weighted by molar-refractivity contribution is 5.76. The van der Waals surface area contributed by atoms with Crippen LogP contribution in [0.3, 0.4) is 0 Å². The molecule has 0 bridgehead atoms. The molecule has 1 saturated carbocycles. The second-order valence-corrected chi connectivity index (χ2v) is 7.51. The molecule has 5 nitrogen and oxygen atoms in total. The maximum atomic E-state index is 12.3. The van der Waals surface area contributed by atoms with Gasteiger partial charge < -0.3 is 9.80 Å². The van der Waals surface area contributed by atoms with Gasteiger partial charge in [0.2, 0.25) is 5.91 Å². The molecule has 1 amide bonds. The third-order valence-electron chi connectivity index (χ3n) is 5.60. The SMILES string of the molecule is O=C1CCN(CC2CNNC2c2ccccc2)CCN1CC1CC1. The molecule has 2 unspecified atom stereocenters. The second-order valence-electron chi connectivity index (χ2n) is 7.51. The summed E-state index contributed by atoms with van der Waals surface area (Å²) in [6.07, 6.45) is 3.30. The van der Waals surface area contributed by atoms with Crippen LogP contribution in [0.5, 0.6) is 0 Å². The molecule has 0 spiro atoms. The number of carbonyl (C=O) groups is 1. The molecule has 2 saturated heterocycles. The average Bonchev–Trinajstić information content (AvgIpc) is 3.34. The van der Waals surface area contributed by atoms with Crippen molar-refractivity contribution in [3.63, 3.8) is 0 Å². The number of carbonyl (C=O) groups excluding carboxylic acids is 1. The van der Waals surface area contributed by atoms with E-state index < -0.39 is 0 Å². The van der Waals surface area contributed by atoms with Gasteiger partial charge in [0, 0.05) is 51.6 Å². The number of hydrazine groups is 1. The molecule has 2 heterocycles. The van der Waals surface area contributed by atoms with Gasteiger partial charge in [0.25, 0.3) is 0 Å². The van der Waals surface area contributed by atoms with Crippen LogP contribution >= 0.6 is 0 Å². The van der Waals surface area contributed by atoms with Crippen LogP contribution in [0, 0.1) is 11.8 Å². The molecule has 24 heavy (non-hydrogen) atoms. The number of nitrogens with zero attached hydrogens (tertiary/aromatic N) is 2. The predicted octanol–water partition coefficient (Wildman–Crippen LogP) is 1.40. The summed E-state index contributed by atoms with van der Waals surface area (Å²) >= 11 is 0. The Morgan fingerprint density at radius 1 is 1.04 bits per heavy atom. The minimum atomic E-state index is 0.353. The molecule has 3 fully saturated rings. The van der Waals surface area contributed by atoms with Gasteiger partial charge >= 0.3 is 0 Å². The molecular weight excluding hydrogens is 300 g/mol. The van der Waals surface area contributed by atoms with Crippen LogP contribution in [0.1, 0.15) is 30.9 Å². The van der Waals surface area contributed by atoms with Gasteiger partial charge in [-0.2, -0.15) is 0 Å². The van der Waals surface area contributed by atoms with Crippen molar-refractivity contribution in [2.24, 2.45) is 11.8 Å². The van der Waals surface area contributed by atoms with Crippen molar-refractivity contribution in [1.82, 2.24) is 20.7 Å². The molecule has 1 aliphatic carbocycles. The zero-order chi connectivity index (χ0) is 16.4. The van der Waals surface area contributed by atoms with E-state index in [1.165, 1.54) is 18.4 Å². The van der Waals surface area contributed by atoms with E-state index in [4.69, 9.17) is 0 Å². The average molecular weight is 328 g/mol. The second kappa shape index (κ2) is 7.21. The van der Waals surface area contributed by atoms with E-state index in [1.54, 1.807) is 0 Å². The molecule has 4 rings (SSSR count). The summed E-state index contributed by atoms with van der Waals surface area (Å²) in [5.74, 6) is 1.68. The third kappa shape index (κ3) is 3.79. The quantitative estimate of drug-likeness (QED) is 0.858. The van der Waals surface area contributed by atoms with Crippen molar-refractivity contribution in [2.75, 3.05) is 39.3 Å². The van der Waals surface area contributed by atoms with Crippen molar-refractivity contribution >= 4 is 5.91 Å². The lowest BCUT2D eigenvalue weighted by atomic mass is 9.94. The summed E-state index contributed by atoms with van der Waals surface area (Å²) in [5, 5.41) is 0. The fourth-order valence-corrected chi connectivity index (χ4v) is 3.95. The van der Waals surface area contributed by atoms with Gasteiger partial charge in [0.1, 0.15) is 0 Å². The van der Waals surface area contributed by atoms with E-state index in [0.29, 0.717) is 24.3 Å². The largest absolute Gasteiger partial charge is 0.341 e. The van der Waals surface area contributed by atoms with E-state index in [2.05, 4.69) is 51.0 Å². The fraction of sp³-hybridized carbons (Fsp3) is 0.632. The van der Waals surface area contributed by atoms with Crippen LogP contribution in [0.2, 0.25) is 0 Å². The number of amides is 1. The van der Waals surface area contributed by atoms with E-state index in [9.17, 15) is 4.79 Å². The summed E-state index contributed by atoms with van der Waals surface area (Å²) in [6, 6.07) is 11.0. The van der Waals surface area contributed by atoms with Crippen molar-refractivity contribution in [1.29, 1.82) is 0 Å². The highest BCUT2D eigenvalue weighted by Crippen LogP contribution is 2.30. The Morgan fingerprint density at radius 3 is 2.67 bits per heavy atom. The predicted molar refractivity (Wildman–Crippen MR) is 94.2 cm³/mol. The molecule has 1 aromatic carbocycles. The molecule has 0 radical (unpaired) electrons. The van der Waals surface area contributed by atoms with Gasteiger partial charge in [-0.05, 0) is 24.3 Å². The molecule has 3 aliphatic rings. The zero-order valence-electron chi connectivity index (χ0n) is 14.3. The zero-order valence-corrected chi connectivity index (χ0v) is 14.3. The maximum absolute atomic E-state index is 12.3. The fourth-order valence-electron chi connectivity index (χ4n) is 3.95. The Kier molecular flexibility index (Phi) is 4.83. The topological polar surface area (TPSA) is 47.6 Å². The normalized spacial score (nSPS) is 29.0. The number of rotatable bonds is 5. The number of nitrogens with one attached hydrogen (secondary N) is 2. The molecule has 0 aromatic heterocycles. The first-order chi connectivity index (χ1) is 11.8. The van der Waals surface area contributed by atoms with Crippen LogP contribution in [-0.2, 0) is 4.79 Å². The van der Waals surface area contributed by atoms with E-state index in [1.807, 2.05) is 0 Å². The van der Waals surface area contributed by atoms with Crippen molar-refractivity contribution in [2.45, 2.75) is 25.3 Å². The summed E-state index contributed by atoms with van der Waals surface area (Å²) < 4.78 is 0. The van der Waals surface area contributed by atoms with Crippen molar-refractivity contribution < 1.29 is 4.79 Å². The number of hydrogen-bond donors (Lipinski definition) is 2. The van der Waals surface area contributed by atoms with E-state index in [-0.39, 0.29) is 0 Å². The molecule has 1 aromatic rings. The van der Waals surface area contributed by atoms with Gasteiger partial charge in [-0.3, -0.25) is 10.2 Å². The number of hydrogen-bond acceptors (Lipinski definition) is 4. The maximum Gasteiger partial charge on any atom is 0.223 e. The first-order valence-corrected chi connectivity index (χ1v) is 9.33. The van der Waals surface area contributed by atoms with Crippen LogP contribution in [0.4, 0.5) is 0 Å². The monoisotopic (exact) mass is 328 g/mol. The third-order valence-corrected chi connectivity index (χ3v) is 5.60. The van der Waals surface area contributed by atoms with Crippen molar-refractivity contribution in [3.05, 3.63) is 35.9 Å². The molecular formula is C19H28N4O. The first kappa shape index (κ1) is 16.1. The molecule has 2 N–H and O–H groups in total. The minimum Gasteiger partial charge on any atom is -0.341 e. The van der Waals surface area contributed by atoms with Crippen molar-refractivity contribution in [3.8, 4) is 0 Å². The summed E-state index contributed by atoms with van der Waals surface area (Å²) in [6.45, 7) is 5.83. The Bertz CT molecular complexity index is 560. The molecule has 2 aliphatic heterocycles. The van der Waals surface area contributed by atoms with E-state index >= 15 is 0 Å². The van der Waals surface area contributed by atoms with Gasteiger partial charge in [-0.25, -0.2) is 5.43 Å². The molecule has 5 heteroatoms. The lowest BCUT2D eigenvalue weighted by Gasteiger charge is -2.27. The molecule has 2 atom stereocenters. The summed E-state index contributed by atoms with van der Waals surface area (Å²) in [5.41, 5.74) is 8.09. The summed E-state index contributed by atoms with van der Waals surface area (Å²) in [4.78, 5) is 16.9. The highest BCUT2D eigenvalue weighted by atomic mass is 16.2. The highest BCUT2D eigenvalue weighted by Gasteiger charge is 2.32. The van der Waals surface area contributed by atoms with Crippen LogP contribution in [0.15, 0.2) is 30.3 Å².